The number of methoxy groups -OCH3 is 1. The summed E-state index contributed by atoms with van der Waals surface area (Å²) in [6.07, 6.45) is 4.75. The summed E-state index contributed by atoms with van der Waals surface area (Å²) in [4.78, 5) is 18.1. The summed E-state index contributed by atoms with van der Waals surface area (Å²) in [5.74, 6) is -0.369. The minimum Gasteiger partial charge on any atom is -0.468 e. The predicted molar refractivity (Wildman–Crippen MR) is 186 cm³/mol. The molecule has 1 unspecified atom stereocenters. The van der Waals surface area contributed by atoms with Gasteiger partial charge in [-0.1, -0.05) is 13.0 Å². The Kier molecular flexibility index (Phi) is 8.75. The molecule has 4 aliphatic heterocycles. The summed E-state index contributed by atoms with van der Waals surface area (Å²) < 4.78 is 92.0. The van der Waals surface area contributed by atoms with Gasteiger partial charge in [-0.15, -0.1) is 0 Å². The number of anilines is 1. The third kappa shape index (κ3) is 6.15. The molecule has 0 aliphatic carbocycles. The lowest BCUT2D eigenvalue weighted by atomic mass is 9.87. The molecule has 0 radical (unpaired) electrons. The first kappa shape index (κ1) is 34.3. The molecule has 3 atom stereocenters. The van der Waals surface area contributed by atoms with E-state index in [1.54, 1.807) is 18.2 Å². The van der Waals surface area contributed by atoms with Crippen molar-refractivity contribution in [1.29, 1.82) is 0 Å². The zero-order valence-electron chi connectivity index (χ0n) is 28.7. The van der Waals surface area contributed by atoms with E-state index in [9.17, 15) is 12.8 Å². The van der Waals surface area contributed by atoms with Crippen LogP contribution in [0.2, 0.25) is 0 Å². The number of nitrogens with one attached hydrogen (secondary N) is 1. The quantitative estimate of drug-likeness (QED) is 0.228. The molecule has 11 nitrogen and oxygen atoms in total. The van der Waals surface area contributed by atoms with E-state index < -0.39 is 38.9 Å². The maximum atomic E-state index is 17.2. The highest BCUT2D eigenvalue weighted by atomic mass is 32.2. The van der Waals surface area contributed by atoms with Crippen molar-refractivity contribution in [1.82, 2.24) is 24.6 Å². The number of rotatable bonds is 9. The Hall–Kier alpha value is -3.79. The summed E-state index contributed by atoms with van der Waals surface area (Å²) in [6, 6.07) is 6.32. The molecule has 0 amide bonds. The minimum atomic E-state index is -3.41. The van der Waals surface area contributed by atoms with E-state index >= 15 is 8.78 Å². The fraction of sp³-hybridized carbons (Fsp3) is 0.528. The van der Waals surface area contributed by atoms with Crippen LogP contribution < -0.4 is 19.1 Å². The van der Waals surface area contributed by atoms with E-state index in [0.717, 1.165) is 19.4 Å². The van der Waals surface area contributed by atoms with Crippen LogP contribution in [0.3, 0.4) is 0 Å². The Bertz CT molecular complexity index is 2120. The van der Waals surface area contributed by atoms with Crippen LogP contribution in [-0.2, 0) is 21.2 Å². The van der Waals surface area contributed by atoms with E-state index in [1.165, 1.54) is 19.4 Å². The zero-order valence-corrected chi connectivity index (χ0v) is 29.5. The van der Waals surface area contributed by atoms with Gasteiger partial charge in [0, 0.05) is 44.9 Å². The molecule has 51 heavy (non-hydrogen) atoms. The largest absolute Gasteiger partial charge is 0.468 e. The Morgan fingerprint density at radius 1 is 1.08 bits per heavy atom. The van der Waals surface area contributed by atoms with Gasteiger partial charge in [0.25, 0.3) is 0 Å². The van der Waals surface area contributed by atoms with Crippen molar-refractivity contribution >= 4 is 37.5 Å². The first-order valence-electron chi connectivity index (χ1n) is 17.5. The number of alkyl halides is 1. The van der Waals surface area contributed by atoms with Crippen molar-refractivity contribution in [3.63, 3.8) is 0 Å². The second-order valence-corrected chi connectivity index (χ2v) is 16.2. The van der Waals surface area contributed by atoms with Gasteiger partial charge < -0.3 is 19.1 Å². The summed E-state index contributed by atoms with van der Waals surface area (Å²) in [5, 5.41) is 1.48. The first-order valence-corrected chi connectivity index (χ1v) is 19.2. The molecule has 2 aromatic heterocycles. The van der Waals surface area contributed by atoms with Crippen molar-refractivity contribution < 1.29 is 35.8 Å². The molecule has 0 saturated carbocycles. The zero-order chi connectivity index (χ0) is 35.5. The van der Waals surface area contributed by atoms with Gasteiger partial charge in [-0.3, -0.25) is 9.88 Å². The lowest BCUT2D eigenvalue weighted by molar-refractivity contribution is 0.0512. The van der Waals surface area contributed by atoms with Crippen LogP contribution in [0.4, 0.5) is 19.0 Å². The molecular formula is C36H41F3N6O5S. The van der Waals surface area contributed by atoms with E-state index in [-0.39, 0.29) is 36.4 Å². The molecular weight excluding hydrogens is 685 g/mol. The smallest absolute Gasteiger partial charge is 0.319 e. The van der Waals surface area contributed by atoms with E-state index in [2.05, 4.69) is 19.6 Å². The topological polar surface area (TPSA) is 119 Å². The Morgan fingerprint density at radius 3 is 2.71 bits per heavy atom. The standard InChI is InChI=1S/C36H41F3N6O5S/c1-3-25-28(38)7-6-22-14-24(50-21-48-2)15-26(29(22)25)31-30(39)32-27(17-40-31)33(44-11-4-8-35(19-44)10-13-51(46,47)43-35)42-34(41-32)49-20-36-9-5-12-45(36)18-23(37)16-36/h6-7,14-15,17,23,43H,3-5,8-13,16,18-21H2,1-2H3/t23-,35?,36+/m1/s1. The van der Waals surface area contributed by atoms with Crippen molar-refractivity contribution in [2.45, 2.75) is 69.1 Å². The third-order valence-corrected chi connectivity index (χ3v) is 12.6. The van der Waals surface area contributed by atoms with Crippen molar-refractivity contribution in [2.24, 2.45) is 0 Å². The average molecular weight is 727 g/mol. The van der Waals surface area contributed by atoms with Gasteiger partial charge in [0.15, 0.2) is 12.6 Å². The number of halogens is 3. The molecule has 0 bridgehead atoms. The van der Waals surface area contributed by atoms with Crippen LogP contribution in [-0.4, -0.2) is 98.0 Å². The molecule has 272 valence electrons. The number of aromatic nitrogens is 3. The first-order chi connectivity index (χ1) is 24.5. The van der Waals surface area contributed by atoms with Gasteiger partial charge in [0.1, 0.15) is 41.4 Å². The minimum absolute atomic E-state index is 0.0366. The number of sulfonamides is 1. The van der Waals surface area contributed by atoms with Crippen LogP contribution in [0.5, 0.6) is 11.8 Å². The average Bonchev–Trinajstić information content (AvgIpc) is 3.74. The summed E-state index contributed by atoms with van der Waals surface area (Å²) in [5.41, 5.74) is -0.522. The summed E-state index contributed by atoms with van der Waals surface area (Å²) in [7, 11) is -1.92. The molecule has 4 aromatic rings. The maximum absolute atomic E-state index is 17.2. The fourth-order valence-corrected chi connectivity index (χ4v) is 10.4. The van der Waals surface area contributed by atoms with Crippen LogP contribution in [0, 0.1) is 11.6 Å². The third-order valence-electron chi connectivity index (χ3n) is 11.1. The van der Waals surface area contributed by atoms with Crippen LogP contribution >= 0.6 is 0 Å². The Labute approximate surface area is 294 Å². The highest BCUT2D eigenvalue weighted by Gasteiger charge is 2.50. The normalized spacial score (nSPS) is 26.1. The van der Waals surface area contributed by atoms with Gasteiger partial charge in [-0.2, -0.15) is 9.97 Å². The van der Waals surface area contributed by atoms with Gasteiger partial charge in [-0.25, -0.2) is 26.3 Å². The van der Waals surface area contributed by atoms with Crippen molar-refractivity contribution in [3.05, 3.63) is 47.7 Å². The van der Waals surface area contributed by atoms with Crippen LogP contribution in [0.15, 0.2) is 30.5 Å². The van der Waals surface area contributed by atoms with Crippen LogP contribution in [0.25, 0.3) is 32.9 Å². The van der Waals surface area contributed by atoms with Crippen LogP contribution in [0.1, 0.15) is 51.0 Å². The number of aryl methyl sites for hydroxylation is 1. The Morgan fingerprint density at radius 2 is 1.92 bits per heavy atom. The Balaban J connectivity index is 1.27. The highest BCUT2D eigenvalue weighted by Crippen LogP contribution is 2.43. The molecule has 4 aliphatic rings. The van der Waals surface area contributed by atoms with Crippen molar-refractivity contribution in [3.8, 4) is 23.0 Å². The molecule has 8 rings (SSSR count). The number of ether oxygens (including phenoxy) is 3. The highest BCUT2D eigenvalue weighted by molar-refractivity contribution is 7.89. The molecule has 4 fully saturated rings. The molecule has 2 aromatic carbocycles. The number of hydrogen-bond donors (Lipinski definition) is 1. The monoisotopic (exact) mass is 726 g/mol. The number of benzene rings is 2. The number of pyridine rings is 1. The molecule has 4 saturated heterocycles. The number of hydrogen-bond acceptors (Lipinski definition) is 10. The molecule has 15 heteroatoms. The second-order valence-electron chi connectivity index (χ2n) is 14.4. The fourth-order valence-electron chi connectivity index (χ4n) is 8.76. The molecule has 1 N–H and O–H groups in total. The number of nitrogens with zero attached hydrogens (tertiary/aromatic N) is 5. The predicted octanol–water partition coefficient (Wildman–Crippen LogP) is 5.29. The van der Waals surface area contributed by atoms with E-state index in [4.69, 9.17) is 19.2 Å². The van der Waals surface area contributed by atoms with E-state index in [1.807, 2.05) is 11.8 Å². The van der Waals surface area contributed by atoms with Gasteiger partial charge in [0.2, 0.25) is 10.0 Å². The lowest BCUT2D eigenvalue weighted by Gasteiger charge is -2.40. The SMILES string of the molecule is CCc1c(F)ccc2cc(OCOC)cc(-c3ncc4c(N5CCCC6(CCS(=O)(=O)N6)C5)nc(OC[C@@]56CCCN5C[C@H](F)C6)nc4c3F)c12. The maximum Gasteiger partial charge on any atom is 0.319 e. The molecule has 6 heterocycles. The van der Waals surface area contributed by atoms with Gasteiger partial charge in [0.05, 0.1) is 22.2 Å². The summed E-state index contributed by atoms with van der Waals surface area (Å²) >= 11 is 0. The summed E-state index contributed by atoms with van der Waals surface area (Å²) in [6.45, 7) is 3.93. The molecule has 1 spiro atoms. The van der Waals surface area contributed by atoms with Gasteiger partial charge in [-0.05, 0) is 79.6 Å². The lowest BCUT2D eigenvalue weighted by Crippen LogP contribution is -2.54. The van der Waals surface area contributed by atoms with E-state index in [0.29, 0.717) is 90.6 Å². The second kappa shape index (κ2) is 13.0. The van der Waals surface area contributed by atoms with Gasteiger partial charge >= 0.3 is 6.01 Å². The number of fused-ring (bicyclic) bond motifs is 3. The van der Waals surface area contributed by atoms with Crippen molar-refractivity contribution in [2.75, 3.05) is 57.3 Å². The number of piperidine rings is 1.